The normalized spacial score (nSPS) is 11.9. The molecule has 0 amide bonds. The fraction of sp³-hybridized carbons (Fsp3) is 0.333. The summed E-state index contributed by atoms with van der Waals surface area (Å²) in [4.78, 5) is 0. The molecule has 106 valence electrons. The average Bonchev–Trinajstić information content (AvgIpc) is 2.52. The SMILES string of the molecule is CCNC(c1ccnnc1)c1ccc(OC)c(OC)c1. The van der Waals surface area contributed by atoms with E-state index in [4.69, 9.17) is 9.47 Å². The van der Waals surface area contributed by atoms with Crippen molar-refractivity contribution in [2.24, 2.45) is 0 Å². The van der Waals surface area contributed by atoms with Gasteiger partial charge in [-0.1, -0.05) is 13.0 Å². The Kier molecular flexibility index (Phi) is 4.90. The quantitative estimate of drug-likeness (QED) is 0.874. The second kappa shape index (κ2) is 6.86. The molecule has 1 atom stereocenters. The fourth-order valence-electron chi connectivity index (χ4n) is 2.14. The number of nitrogens with zero attached hydrogens (tertiary/aromatic N) is 2. The van der Waals surface area contributed by atoms with E-state index in [0.717, 1.165) is 29.2 Å². The van der Waals surface area contributed by atoms with E-state index in [9.17, 15) is 0 Å². The van der Waals surface area contributed by atoms with Gasteiger partial charge in [0.1, 0.15) is 0 Å². The molecule has 0 aliphatic carbocycles. The van der Waals surface area contributed by atoms with Gasteiger partial charge >= 0.3 is 0 Å². The molecule has 20 heavy (non-hydrogen) atoms. The van der Waals surface area contributed by atoms with Crippen molar-refractivity contribution in [2.45, 2.75) is 13.0 Å². The van der Waals surface area contributed by atoms with Crippen LogP contribution in [0.2, 0.25) is 0 Å². The zero-order valence-electron chi connectivity index (χ0n) is 12.0. The second-order valence-corrected chi connectivity index (χ2v) is 4.28. The molecule has 0 saturated carbocycles. The molecule has 1 aromatic carbocycles. The Morgan fingerprint density at radius 3 is 2.45 bits per heavy atom. The Hall–Kier alpha value is -2.14. The first-order chi connectivity index (χ1) is 9.80. The highest BCUT2D eigenvalue weighted by Crippen LogP contribution is 2.31. The number of benzene rings is 1. The van der Waals surface area contributed by atoms with Gasteiger partial charge in [0.05, 0.1) is 26.5 Å². The Bertz CT molecular complexity index is 546. The van der Waals surface area contributed by atoms with Gasteiger partial charge in [-0.05, 0) is 35.9 Å². The Balaban J connectivity index is 2.39. The monoisotopic (exact) mass is 273 g/mol. The summed E-state index contributed by atoms with van der Waals surface area (Å²) in [6, 6.07) is 7.92. The molecule has 2 aromatic rings. The van der Waals surface area contributed by atoms with E-state index in [1.807, 2.05) is 24.3 Å². The van der Waals surface area contributed by atoms with Crippen LogP contribution in [-0.4, -0.2) is 31.0 Å². The minimum absolute atomic E-state index is 0.0512. The van der Waals surface area contributed by atoms with Crippen LogP contribution in [0, 0.1) is 0 Å². The summed E-state index contributed by atoms with van der Waals surface area (Å²) in [6.45, 7) is 2.92. The number of rotatable bonds is 6. The van der Waals surface area contributed by atoms with Crippen molar-refractivity contribution in [1.29, 1.82) is 0 Å². The summed E-state index contributed by atoms with van der Waals surface area (Å²) in [5, 5.41) is 11.2. The molecule has 5 heteroatoms. The van der Waals surface area contributed by atoms with Crippen LogP contribution < -0.4 is 14.8 Å². The van der Waals surface area contributed by atoms with Gasteiger partial charge < -0.3 is 14.8 Å². The predicted molar refractivity (Wildman–Crippen MR) is 77.1 cm³/mol. The van der Waals surface area contributed by atoms with Crippen LogP contribution in [0.25, 0.3) is 0 Å². The number of aromatic nitrogens is 2. The summed E-state index contributed by atoms with van der Waals surface area (Å²) in [5.74, 6) is 1.44. The molecule has 1 aromatic heterocycles. The summed E-state index contributed by atoms with van der Waals surface area (Å²) >= 11 is 0. The highest BCUT2D eigenvalue weighted by Gasteiger charge is 2.15. The molecule has 0 spiro atoms. The molecule has 0 aliphatic rings. The van der Waals surface area contributed by atoms with Crippen LogP contribution in [0.1, 0.15) is 24.1 Å². The minimum Gasteiger partial charge on any atom is -0.493 e. The first-order valence-electron chi connectivity index (χ1n) is 6.52. The van der Waals surface area contributed by atoms with Crippen molar-refractivity contribution < 1.29 is 9.47 Å². The lowest BCUT2D eigenvalue weighted by Crippen LogP contribution is -2.22. The number of ether oxygens (including phenoxy) is 2. The lowest BCUT2D eigenvalue weighted by molar-refractivity contribution is 0.354. The van der Waals surface area contributed by atoms with Crippen LogP contribution in [0.15, 0.2) is 36.7 Å². The molecule has 1 heterocycles. The summed E-state index contributed by atoms with van der Waals surface area (Å²) < 4.78 is 10.6. The predicted octanol–water partition coefficient (Wildman–Crippen LogP) is 2.19. The third-order valence-electron chi connectivity index (χ3n) is 3.09. The van der Waals surface area contributed by atoms with Crippen LogP contribution in [0.4, 0.5) is 0 Å². The number of hydrogen-bond donors (Lipinski definition) is 1. The van der Waals surface area contributed by atoms with Gasteiger partial charge in [-0.3, -0.25) is 0 Å². The van der Waals surface area contributed by atoms with Crippen molar-refractivity contribution in [3.8, 4) is 11.5 Å². The van der Waals surface area contributed by atoms with Crippen LogP contribution in [-0.2, 0) is 0 Å². The lowest BCUT2D eigenvalue weighted by Gasteiger charge is -2.19. The van der Waals surface area contributed by atoms with E-state index in [1.54, 1.807) is 26.6 Å². The van der Waals surface area contributed by atoms with Gasteiger partial charge in [-0.15, -0.1) is 0 Å². The topological polar surface area (TPSA) is 56.3 Å². The molecule has 5 nitrogen and oxygen atoms in total. The molecule has 0 fully saturated rings. The van der Waals surface area contributed by atoms with E-state index < -0.39 is 0 Å². The van der Waals surface area contributed by atoms with Gasteiger partial charge in [0, 0.05) is 6.20 Å². The number of methoxy groups -OCH3 is 2. The van der Waals surface area contributed by atoms with E-state index in [1.165, 1.54) is 0 Å². The molecule has 0 bridgehead atoms. The molecule has 1 N–H and O–H groups in total. The standard InChI is InChI=1S/C15H19N3O2/c1-4-16-15(12-7-8-17-18-10-12)11-5-6-13(19-2)14(9-11)20-3/h5-10,15-16H,4H2,1-3H3. The molecule has 0 radical (unpaired) electrons. The first kappa shape index (κ1) is 14.3. The van der Waals surface area contributed by atoms with Gasteiger partial charge in [0.2, 0.25) is 0 Å². The molecule has 2 rings (SSSR count). The third kappa shape index (κ3) is 3.05. The third-order valence-corrected chi connectivity index (χ3v) is 3.09. The second-order valence-electron chi connectivity index (χ2n) is 4.28. The molecular formula is C15H19N3O2. The molecular weight excluding hydrogens is 254 g/mol. The molecule has 0 aliphatic heterocycles. The zero-order chi connectivity index (χ0) is 14.4. The van der Waals surface area contributed by atoms with Crippen molar-refractivity contribution in [3.05, 3.63) is 47.8 Å². The highest BCUT2D eigenvalue weighted by atomic mass is 16.5. The summed E-state index contributed by atoms with van der Waals surface area (Å²) in [6.07, 6.45) is 3.46. The Labute approximate surface area is 118 Å². The Morgan fingerprint density at radius 2 is 1.85 bits per heavy atom. The van der Waals surface area contributed by atoms with Crippen LogP contribution >= 0.6 is 0 Å². The zero-order valence-corrected chi connectivity index (χ0v) is 12.0. The average molecular weight is 273 g/mol. The van der Waals surface area contributed by atoms with Crippen LogP contribution in [0.5, 0.6) is 11.5 Å². The summed E-state index contributed by atoms with van der Waals surface area (Å²) in [5.41, 5.74) is 2.16. The van der Waals surface area contributed by atoms with Crippen LogP contribution in [0.3, 0.4) is 0 Å². The molecule has 1 unspecified atom stereocenters. The van der Waals surface area contributed by atoms with Gasteiger partial charge in [-0.2, -0.15) is 10.2 Å². The van der Waals surface area contributed by atoms with Crippen molar-refractivity contribution in [2.75, 3.05) is 20.8 Å². The smallest absolute Gasteiger partial charge is 0.161 e. The largest absolute Gasteiger partial charge is 0.493 e. The highest BCUT2D eigenvalue weighted by molar-refractivity contribution is 5.45. The maximum atomic E-state index is 5.36. The fourth-order valence-corrected chi connectivity index (χ4v) is 2.14. The summed E-state index contributed by atoms with van der Waals surface area (Å²) in [7, 11) is 3.27. The van der Waals surface area contributed by atoms with E-state index in [-0.39, 0.29) is 6.04 Å². The maximum absolute atomic E-state index is 5.36. The first-order valence-corrected chi connectivity index (χ1v) is 6.52. The lowest BCUT2D eigenvalue weighted by atomic mass is 10.00. The molecule has 0 saturated heterocycles. The van der Waals surface area contributed by atoms with Gasteiger partial charge in [0.15, 0.2) is 11.5 Å². The Morgan fingerprint density at radius 1 is 1.05 bits per heavy atom. The van der Waals surface area contributed by atoms with Gasteiger partial charge in [-0.25, -0.2) is 0 Å². The van der Waals surface area contributed by atoms with E-state index in [2.05, 4.69) is 22.4 Å². The van der Waals surface area contributed by atoms with E-state index >= 15 is 0 Å². The van der Waals surface area contributed by atoms with Gasteiger partial charge in [0.25, 0.3) is 0 Å². The van der Waals surface area contributed by atoms with E-state index in [0.29, 0.717) is 0 Å². The van der Waals surface area contributed by atoms with Crippen molar-refractivity contribution in [1.82, 2.24) is 15.5 Å². The number of hydrogen-bond acceptors (Lipinski definition) is 5. The van der Waals surface area contributed by atoms with Crippen molar-refractivity contribution >= 4 is 0 Å². The maximum Gasteiger partial charge on any atom is 0.161 e. The number of nitrogens with one attached hydrogen (secondary N) is 1. The van der Waals surface area contributed by atoms with Crippen molar-refractivity contribution in [3.63, 3.8) is 0 Å². The minimum atomic E-state index is 0.0512.